The number of fused-ring (bicyclic) bond motifs is 2. The number of nitrogens with zero attached hydrogens (tertiary/aromatic N) is 1. The number of nitrogens with two attached hydrogens (primary N) is 1. The molecule has 0 aromatic carbocycles. The predicted molar refractivity (Wildman–Crippen MR) is 43.5 cm³/mol. The van der Waals surface area contributed by atoms with Gasteiger partial charge in [0.2, 0.25) is 5.91 Å². The Morgan fingerprint density at radius 2 is 2.17 bits per heavy atom. The minimum Gasteiger partial charge on any atom is -0.377 e. The van der Waals surface area contributed by atoms with Gasteiger partial charge in [-0.2, -0.15) is 0 Å². The molecule has 2 N–H and O–H groups in total. The van der Waals surface area contributed by atoms with E-state index in [9.17, 15) is 4.79 Å². The summed E-state index contributed by atoms with van der Waals surface area (Å²) in [7, 11) is 0. The molecule has 3 fully saturated rings. The Hall–Kier alpha value is -0.610. The van der Waals surface area contributed by atoms with E-state index in [-0.39, 0.29) is 11.9 Å². The Morgan fingerprint density at radius 3 is 2.58 bits per heavy atom. The number of carbonyl (C=O) groups is 1. The van der Waals surface area contributed by atoms with Crippen LogP contribution in [0.25, 0.3) is 0 Å². The number of morpholine rings is 1. The van der Waals surface area contributed by atoms with E-state index in [0.29, 0.717) is 25.3 Å². The van der Waals surface area contributed by atoms with Crippen LogP contribution < -0.4 is 5.73 Å². The molecular formula is C8H14N2O2. The van der Waals surface area contributed by atoms with Gasteiger partial charge in [0.05, 0.1) is 31.3 Å². The minimum absolute atomic E-state index is 0.0690. The highest BCUT2D eigenvalue weighted by Crippen LogP contribution is 2.30. The van der Waals surface area contributed by atoms with E-state index in [1.165, 1.54) is 0 Å². The molecule has 2 bridgehead atoms. The van der Waals surface area contributed by atoms with Crippen LogP contribution in [-0.2, 0) is 9.53 Å². The quantitative estimate of drug-likeness (QED) is 0.568. The van der Waals surface area contributed by atoms with E-state index in [0.717, 1.165) is 6.42 Å². The van der Waals surface area contributed by atoms with E-state index in [2.05, 4.69) is 0 Å². The maximum absolute atomic E-state index is 11.5. The standard InChI is InChI=1S/C8H14N2O2/c1-5(9)8(11)10-6-2-7(10)4-12-3-6/h5-7H,2-4,9H2,1H3/t5-,6-,7-/m1/s1. The summed E-state index contributed by atoms with van der Waals surface area (Å²) in [4.78, 5) is 13.4. The first-order valence-electron chi connectivity index (χ1n) is 4.35. The molecule has 0 radical (unpaired) electrons. The van der Waals surface area contributed by atoms with Crippen molar-refractivity contribution in [2.75, 3.05) is 13.2 Å². The topological polar surface area (TPSA) is 55.6 Å². The van der Waals surface area contributed by atoms with Crippen LogP contribution in [0.3, 0.4) is 0 Å². The molecular weight excluding hydrogens is 156 g/mol. The number of carbonyl (C=O) groups excluding carboxylic acids is 1. The van der Waals surface area contributed by atoms with Crippen LogP contribution >= 0.6 is 0 Å². The van der Waals surface area contributed by atoms with Gasteiger partial charge in [0.1, 0.15) is 0 Å². The van der Waals surface area contributed by atoms with Crippen LogP contribution in [0.1, 0.15) is 13.3 Å². The summed E-state index contributed by atoms with van der Waals surface area (Å²) in [5.41, 5.74) is 5.52. The van der Waals surface area contributed by atoms with Crippen LogP contribution in [0.15, 0.2) is 0 Å². The third-order valence-electron chi connectivity index (χ3n) is 2.60. The second-order valence-corrected chi connectivity index (χ2v) is 3.61. The first kappa shape index (κ1) is 8.01. The fourth-order valence-corrected chi connectivity index (χ4v) is 1.93. The second kappa shape index (κ2) is 2.71. The van der Waals surface area contributed by atoms with E-state index < -0.39 is 0 Å². The summed E-state index contributed by atoms with van der Waals surface area (Å²) in [5.74, 6) is 0.0690. The van der Waals surface area contributed by atoms with Crippen LogP contribution in [0.2, 0.25) is 0 Å². The lowest BCUT2D eigenvalue weighted by molar-refractivity contribution is -0.168. The Balaban J connectivity index is 2.01. The molecule has 4 nitrogen and oxygen atoms in total. The monoisotopic (exact) mass is 170 g/mol. The van der Waals surface area contributed by atoms with Crippen molar-refractivity contribution >= 4 is 5.91 Å². The predicted octanol–water partition coefficient (Wildman–Crippen LogP) is -0.667. The van der Waals surface area contributed by atoms with Crippen molar-refractivity contribution in [2.45, 2.75) is 31.5 Å². The molecule has 68 valence electrons. The Bertz CT molecular complexity index is 191. The third-order valence-corrected chi connectivity index (χ3v) is 2.60. The summed E-state index contributed by atoms with van der Waals surface area (Å²) in [6, 6.07) is 0.248. The van der Waals surface area contributed by atoms with Gasteiger partial charge >= 0.3 is 0 Å². The second-order valence-electron chi connectivity index (χ2n) is 3.61. The van der Waals surface area contributed by atoms with Crippen LogP contribution in [-0.4, -0.2) is 42.1 Å². The molecule has 0 aromatic heterocycles. The van der Waals surface area contributed by atoms with Crippen molar-refractivity contribution in [2.24, 2.45) is 5.73 Å². The highest BCUT2D eigenvalue weighted by Gasteiger charge is 2.45. The average molecular weight is 170 g/mol. The maximum Gasteiger partial charge on any atom is 0.239 e. The third kappa shape index (κ3) is 1.03. The Morgan fingerprint density at radius 1 is 1.58 bits per heavy atom. The number of amides is 1. The molecule has 0 saturated carbocycles. The van der Waals surface area contributed by atoms with Crippen LogP contribution in [0.5, 0.6) is 0 Å². The van der Waals surface area contributed by atoms with E-state index in [1.54, 1.807) is 6.92 Å². The zero-order valence-corrected chi connectivity index (χ0v) is 7.19. The molecule has 0 aromatic rings. The maximum atomic E-state index is 11.5. The molecule has 3 rings (SSSR count). The molecule has 12 heavy (non-hydrogen) atoms. The van der Waals surface area contributed by atoms with Crippen molar-refractivity contribution in [3.8, 4) is 0 Å². The fourth-order valence-electron chi connectivity index (χ4n) is 1.93. The lowest BCUT2D eigenvalue weighted by atomic mass is 9.90. The van der Waals surface area contributed by atoms with Crippen LogP contribution in [0, 0.1) is 0 Å². The zero-order valence-electron chi connectivity index (χ0n) is 7.19. The van der Waals surface area contributed by atoms with Crippen molar-refractivity contribution < 1.29 is 9.53 Å². The number of hydrogen-bond donors (Lipinski definition) is 1. The SMILES string of the molecule is C[C@@H](N)C(=O)N1[C@H]2COC[C@H]1C2. The molecule has 3 aliphatic heterocycles. The molecule has 4 heteroatoms. The Labute approximate surface area is 71.7 Å². The van der Waals surface area contributed by atoms with Gasteiger partial charge in [0.15, 0.2) is 0 Å². The molecule has 0 spiro atoms. The summed E-state index contributed by atoms with van der Waals surface area (Å²) in [5, 5.41) is 0. The van der Waals surface area contributed by atoms with Crippen molar-refractivity contribution in [3.05, 3.63) is 0 Å². The van der Waals surface area contributed by atoms with Gasteiger partial charge in [0.25, 0.3) is 0 Å². The smallest absolute Gasteiger partial charge is 0.239 e. The lowest BCUT2D eigenvalue weighted by Gasteiger charge is -2.52. The number of hydrogen-bond acceptors (Lipinski definition) is 3. The lowest BCUT2D eigenvalue weighted by Crippen LogP contribution is -2.67. The Kier molecular flexibility index (Phi) is 1.81. The highest BCUT2D eigenvalue weighted by atomic mass is 16.5. The van der Waals surface area contributed by atoms with Gasteiger partial charge in [-0.25, -0.2) is 0 Å². The van der Waals surface area contributed by atoms with Gasteiger partial charge in [-0.1, -0.05) is 0 Å². The fraction of sp³-hybridized carbons (Fsp3) is 0.875. The number of rotatable bonds is 1. The number of ether oxygens (including phenoxy) is 1. The van der Waals surface area contributed by atoms with Gasteiger partial charge in [0, 0.05) is 0 Å². The normalized spacial score (nSPS) is 35.7. The summed E-state index contributed by atoms with van der Waals surface area (Å²) in [6.07, 6.45) is 1.10. The van der Waals surface area contributed by atoms with E-state index in [4.69, 9.17) is 10.5 Å². The average Bonchev–Trinajstić information content (AvgIpc) is 2.05. The minimum atomic E-state index is -0.367. The molecule has 3 aliphatic rings. The van der Waals surface area contributed by atoms with Crippen LogP contribution in [0.4, 0.5) is 0 Å². The molecule has 3 saturated heterocycles. The van der Waals surface area contributed by atoms with Crippen molar-refractivity contribution in [1.82, 2.24) is 4.90 Å². The largest absolute Gasteiger partial charge is 0.377 e. The van der Waals surface area contributed by atoms with Crippen molar-refractivity contribution in [3.63, 3.8) is 0 Å². The summed E-state index contributed by atoms with van der Waals surface area (Å²) < 4.78 is 5.26. The molecule has 3 heterocycles. The first-order chi connectivity index (χ1) is 5.70. The van der Waals surface area contributed by atoms with Gasteiger partial charge in [-0.05, 0) is 13.3 Å². The first-order valence-corrected chi connectivity index (χ1v) is 4.35. The van der Waals surface area contributed by atoms with Gasteiger partial charge < -0.3 is 15.4 Å². The van der Waals surface area contributed by atoms with E-state index >= 15 is 0 Å². The molecule has 3 atom stereocenters. The molecule has 0 aliphatic carbocycles. The van der Waals surface area contributed by atoms with E-state index in [1.807, 2.05) is 4.90 Å². The van der Waals surface area contributed by atoms with Gasteiger partial charge in [-0.3, -0.25) is 4.79 Å². The highest BCUT2D eigenvalue weighted by molar-refractivity contribution is 5.82. The van der Waals surface area contributed by atoms with Crippen molar-refractivity contribution in [1.29, 1.82) is 0 Å². The molecule has 0 unspecified atom stereocenters. The zero-order chi connectivity index (χ0) is 8.72. The summed E-state index contributed by atoms with van der Waals surface area (Å²) >= 11 is 0. The van der Waals surface area contributed by atoms with Gasteiger partial charge in [-0.15, -0.1) is 0 Å². The summed E-state index contributed by atoms with van der Waals surface area (Å²) in [6.45, 7) is 3.11. The molecule has 1 amide bonds.